The molecule has 0 bridgehead atoms. The smallest absolute Gasteiger partial charge is 0.0144 e. The minimum absolute atomic E-state index is 0.616. The second kappa shape index (κ2) is 8.55. The van der Waals surface area contributed by atoms with Crippen LogP contribution in [0.3, 0.4) is 0 Å². The first kappa shape index (κ1) is 13.0. The van der Waals surface area contributed by atoms with Crippen molar-refractivity contribution in [1.29, 1.82) is 0 Å². The van der Waals surface area contributed by atoms with Gasteiger partial charge in [-0.05, 0) is 38.5 Å². The highest BCUT2D eigenvalue weighted by molar-refractivity contribution is 5.06. The van der Waals surface area contributed by atoms with Gasteiger partial charge >= 0.3 is 0 Å². The molecule has 0 N–H and O–H groups in total. The molecule has 0 radical (unpaired) electrons. The van der Waals surface area contributed by atoms with Crippen molar-refractivity contribution in [2.24, 2.45) is 5.92 Å². The molecule has 78 valence electrons. The fraction of sp³-hybridized carbons (Fsp3) is 0.429. The Balaban J connectivity index is 4.16. The minimum atomic E-state index is 0.616. The summed E-state index contributed by atoms with van der Waals surface area (Å²) in [6, 6.07) is 0. The van der Waals surface area contributed by atoms with E-state index in [2.05, 4.69) is 32.7 Å². The maximum atomic E-state index is 3.79. The van der Waals surface area contributed by atoms with Gasteiger partial charge in [0.15, 0.2) is 0 Å². The quantitative estimate of drug-likeness (QED) is 0.488. The molecule has 0 nitrogen and oxygen atoms in total. The van der Waals surface area contributed by atoms with Crippen molar-refractivity contribution in [3.63, 3.8) is 0 Å². The third kappa shape index (κ3) is 6.47. The molecule has 0 saturated carbocycles. The van der Waals surface area contributed by atoms with E-state index in [4.69, 9.17) is 0 Å². The van der Waals surface area contributed by atoms with Gasteiger partial charge in [-0.15, -0.1) is 19.7 Å². The molecule has 14 heavy (non-hydrogen) atoms. The van der Waals surface area contributed by atoms with Gasteiger partial charge in [0.2, 0.25) is 0 Å². The van der Waals surface area contributed by atoms with Gasteiger partial charge in [-0.25, -0.2) is 0 Å². The lowest BCUT2D eigenvalue weighted by Gasteiger charge is -2.10. The highest BCUT2D eigenvalue weighted by Gasteiger charge is 2.02. The molecular weight excluding hydrogens is 168 g/mol. The van der Waals surface area contributed by atoms with E-state index in [1.54, 1.807) is 0 Å². The lowest BCUT2D eigenvalue weighted by atomic mass is 9.96. The molecule has 0 aliphatic carbocycles. The van der Waals surface area contributed by atoms with Crippen LogP contribution in [-0.2, 0) is 0 Å². The van der Waals surface area contributed by atoms with E-state index >= 15 is 0 Å². The molecule has 0 saturated heterocycles. The van der Waals surface area contributed by atoms with Gasteiger partial charge in [0.1, 0.15) is 0 Å². The van der Waals surface area contributed by atoms with Crippen LogP contribution in [-0.4, -0.2) is 0 Å². The maximum Gasteiger partial charge on any atom is -0.0144 e. The summed E-state index contributed by atoms with van der Waals surface area (Å²) >= 11 is 0. The molecular formula is C14H22. The van der Waals surface area contributed by atoms with Gasteiger partial charge in [0.25, 0.3) is 0 Å². The van der Waals surface area contributed by atoms with Crippen LogP contribution < -0.4 is 0 Å². The summed E-state index contributed by atoms with van der Waals surface area (Å²) in [5, 5.41) is 0. The predicted molar refractivity (Wildman–Crippen MR) is 66.3 cm³/mol. The molecule has 0 amide bonds. The van der Waals surface area contributed by atoms with Crippen molar-refractivity contribution in [3.8, 4) is 0 Å². The molecule has 0 fully saturated rings. The third-order valence-electron chi connectivity index (χ3n) is 2.20. The zero-order chi connectivity index (χ0) is 10.8. The van der Waals surface area contributed by atoms with E-state index in [1.807, 2.05) is 18.2 Å². The van der Waals surface area contributed by atoms with Crippen LogP contribution in [0, 0.1) is 5.92 Å². The molecule has 1 atom stereocenters. The molecule has 0 aromatic heterocycles. The fourth-order valence-corrected chi connectivity index (χ4v) is 1.51. The van der Waals surface area contributed by atoms with Crippen molar-refractivity contribution >= 4 is 0 Å². The molecule has 0 aliphatic rings. The standard InChI is InChI=1S/C14H22/c1-5-8-11-14(10-7-3)12-13(4)9-6-2/h5-7,12,14H,1-3,8-11H2,4H3/b13-12-. The number of rotatable bonds is 8. The SMILES string of the molecule is C=CCCC(/C=C(/C)CC=C)CC=C. The topological polar surface area (TPSA) is 0 Å². The Bertz CT molecular complexity index is 208. The van der Waals surface area contributed by atoms with E-state index < -0.39 is 0 Å². The lowest BCUT2D eigenvalue weighted by Crippen LogP contribution is -1.95. The first-order chi connectivity index (χ1) is 6.74. The Labute approximate surface area is 88.7 Å². The lowest BCUT2D eigenvalue weighted by molar-refractivity contribution is 0.602. The van der Waals surface area contributed by atoms with Crippen LogP contribution in [0.2, 0.25) is 0 Å². The van der Waals surface area contributed by atoms with Gasteiger partial charge in [0, 0.05) is 0 Å². The van der Waals surface area contributed by atoms with Crippen molar-refractivity contribution in [3.05, 3.63) is 49.6 Å². The zero-order valence-corrected chi connectivity index (χ0v) is 9.34. The fourth-order valence-electron chi connectivity index (χ4n) is 1.51. The highest BCUT2D eigenvalue weighted by atomic mass is 14.1. The van der Waals surface area contributed by atoms with E-state index in [0.29, 0.717) is 5.92 Å². The monoisotopic (exact) mass is 190 g/mol. The molecule has 0 heteroatoms. The summed E-state index contributed by atoms with van der Waals surface area (Å²) < 4.78 is 0. The van der Waals surface area contributed by atoms with Gasteiger partial charge in [-0.3, -0.25) is 0 Å². The first-order valence-electron chi connectivity index (χ1n) is 5.24. The Morgan fingerprint density at radius 1 is 1.14 bits per heavy atom. The van der Waals surface area contributed by atoms with Gasteiger partial charge < -0.3 is 0 Å². The average molecular weight is 190 g/mol. The van der Waals surface area contributed by atoms with E-state index in [1.165, 1.54) is 12.0 Å². The summed E-state index contributed by atoms with van der Waals surface area (Å²) in [4.78, 5) is 0. The summed E-state index contributed by atoms with van der Waals surface area (Å²) in [7, 11) is 0. The van der Waals surface area contributed by atoms with E-state index in [-0.39, 0.29) is 0 Å². The summed E-state index contributed by atoms with van der Waals surface area (Å²) in [6.45, 7) is 13.4. The molecule has 0 aromatic rings. The molecule has 0 aromatic carbocycles. The van der Waals surface area contributed by atoms with E-state index in [0.717, 1.165) is 19.3 Å². The molecule has 0 rings (SSSR count). The highest BCUT2D eigenvalue weighted by Crippen LogP contribution is 2.17. The van der Waals surface area contributed by atoms with Gasteiger partial charge in [-0.2, -0.15) is 0 Å². The Kier molecular flexibility index (Phi) is 7.92. The van der Waals surface area contributed by atoms with Gasteiger partial charge in [-0.1, -0.05) is 29.9 Å². The van der Waals surface area contributed by atoms with Crippen LogP contribution in [0.25, 0.3) is 0 Å². The van der Waals surface area contributed by atoms with Crippen molar-refractivity contribution in [2.45, 2.75) is 32.6 Å². The minimum Gasteiger partial charge on any atom is -0.103 e. The summed E-state index contributed by atoms with van der Waals surface area (Å²) in [6.07, 6.45) is 12.6. The molecule has 0 aliphatic heterocycles. The second-order valence-electron chi connectivity index (χ2n) is 3.66. The maximum absolute atomic E-state index is 3.79. The Morgan fingerprint density at radius 2 is 1.86 bits per heavy atom. The second-order valence-corrected chi connectivity index (χ2v) is 3.66. The van der Waals surface area contributed by atoms with Crippen LogP contribution in [0.5, 0.6) is 0 Å². The van der Waals surface area contributed by atoms with Crippen LogP contribution >= 0.6 is 0 Å². The average Bonchev–Trinajstić information content (AvgIpc) is 2.15. The van der Waals surface area contributed by atoms with Crippen molar-refractivity contribution < 1.29 is 0 Å². The van der Waals surface area contributed by atoms with E-state index in [9.17, 15) is 0 Å². The van der Waals surface area contributed by atoms with Crippen LogP contribution in [0.15, 0.2) is 49.6 Å². The normalized spacial score (nSPS) is 13.4. The van der Waals surface area contributed by atoms with Crippen molar-refractivity contribution in [1.82, 2.24) is 0 Å². The summed E-state index contributed by atoms with van der Waals surface area (Å²) in [5.74, 6) is 0.616. The Morgan fingerprint density at radius 3 is 2.36 bits per heavy atom. The van der Waals surface area contributed by atoms with Crippen LogP contribution in [0.4, 0.5) is 0 Å². The Hall–Kier alpha value is -1.04. The molecule has 0 spiro atoms. The zero-order valence-electron chi connectivity index (χ0n) is 9.34. The largest absolute Gasteiger partial charge is 0.103 e. The third-order valence-corrected chi connectivity index (χ3v) is 2.20. The van der Waals surface area contributed by atoms with Crippen LogP contribution in [0.1, 0.15) is 32.6 Å². The summed E-state index contributed by atoms with van der Waals surface area (Å²) in [5.41, 5.74) is 1.40. The molecule has 0 heterocycles. The number of allylic oxidation sites excluding steroid dienone is 5. The van der Waals surface area contributed by atoms with Gasteiger partial charge in [0.05, 0.1) is 0 Å². The number of hydrogen-bond acceptors (Lipinski definition) is 0. The van der Waals surface area contributed by atoms with Crippen molar-refractivity contribution in [2.75, 3.05) is 0 Å². The first-order valence-corrected chi connectivity index (χ1v) is 5.24. The number of hydrogen-bond donors (Lipinski definition) is 0. The molecule has 1 unspecified atom stereocenters. The predicted octanol–water partition coefficient (Wildman–Crippen LogP) is 4.67.